The Labute approximate surface area is 163 Å². The maximum Gasteiger partial charge on any atom is 0.239 e. The van der Waals surface area contributed by atoms with E-state index in [4.69, 9.17) is 0 Å². The minimum Gasteiger partial charge on any atom is -0.372 e. The third-order valence-corrected chi connectivity index (χ3v) is 4.70. The van der Waals surface area contributed by atoms with Gasteiger partial charge in [-0.15, -0.1) is 0 Å². The average Bonchev–Trinajstić information content (AvgIpc) is 2.61. The number of anilines is 1. The van der Waals surface area contributed by atoms with Gasteiger partial charge in [0.1, 0.15) is 0 Å². The van der Waals surface area contributed by atoms with E-state index in [0.717, 1.165) is 19.0 Å². The van der Waals surface area contributed by atoms with Gasteiger partial charge in [-0.25, -0.2) is 0 Å². The Balaban J connectivity index is 1.78. The zero-order chi connectivity index (χ0) is 19.9. The molecule has 1 aliphatic rings. The minimum atomic E-state index is -0.232. The Kier molecular flexibility index (Phi) is 7.51. The number of carbonyl (C=O) groups excluding carboxylic acids is 1. The molecule has 0 radical (unpaired) electrons. The van der Waals surface area contributed by atoms with Crippen LogP contribution < -0.4 is 20.9 Å². The molecular weight excluding hydrogens is 338 g/mol. The van der Waals surface area contributed by atoms with Gasteiger partial charge in [0.15, 0.2) is 5.96 Å². The molecule has 1 aromatic rings. The van der Waals surface area contributed by atoms with Crippen LogP contribution in [0.15, 0.2) is 29.3 Å². The largest absolute Gasteiger partial charge is 0.372 e. The van der Waals surface area contributed by atoms with Gasteiger partial charge in [0, 0.05) is 37.9 Å². The van der Waals surface area contributed by atoms with E-state index in [1.807, 2.05) is 20.8 Å². The molecule has 0 saturated carbocycles. The quantitative estimate of drug-likeness (QED) is 0.548. The predicted molar refractivity (Wildman–Crippen MR) is 113 cm³/mol. The molecule has 0 unspecified atom stereocenters. The Morgan fingerprint density at radius 1 is 1.15 bits per heavy atom. The highest BCUT2D eigenvalue weighted by Crippen LogP contribution is 2.23. The van der Waals surface area contributed by atoms with Crippen molar-refractivity contribution < 1.29 is 4.79 Å². The molecular formula is C21H35N5O. The van der Waals surface area contributed by atoms with Crippen molar-refractivity contribution in [2.24, 2.45) is 10.9 Å². The Bertz CT molecular complexity index is 625. The second kappa shape index (κ2) is 9.62. The van der Waals surface area contributed by atoms with Crippen LogP contribution in [-0.2, 0) is 11.3 Å². The fraction of sp³-hybridized carbons (Fsp3) is 0.619. The van der Waals surface area contributed by atoms with Gasteiger partial charge < -0.3 is 20.9 Å². The summed E-state index contributed by atoms with van der Waals surface area (Å²) in [4.78, 5) is 18.5. The van der Waals surface area contributed by atoms with E-state index < -0.39 is 0 Å². The molecule has 3 N–H and O–H groups in total. The van der Waals surface area contributed by atoms with E-state index in [2.05, 4.69) is 57.0 Å². The first-order valence-electron chi connectivity index (χ1n) is 9.86. The fourth-order valence-corrected chi connectivity index (χ4v) is 3.12. The van der Waals surface area contributed by atoms with Crippen LogP contribution in [0.4, 0.5) is 5.69 Å². The van der Waals surface area contributed by atoms with E-state index in [1.165, 1.54) is 24.1 Å². The summed E-state index contributed by atoms with van der Waals surface area (Å²) >= 11 is 0. The summed E-state index contributed by atoms with van der Waals surface area (Å²) in [6.45, 7) is 11.4. The monoisotopic (exact) mass is 373 g/mol. The molecule has 27 heavy (non-hydrogen) atoms. The van der Waals surface area contributed by atoms with Crippen LogP contribution in [-0.4, -0.2) is 44.1 Å². The molecule has 150 valence electrons. The highest BCUT2D eigenvalue weighted by molar-refractivity contribution is 5.86. The second-order valence-electron chi connectivity index (χ2n) is 8.41. The number of rotatable bonds is 5. The molecule has 0 spiro atoms. The first kappa shape index (κ1) is 21.1. The van der Waals surface area contributed by atoms with Crippen LogP contribution in [0.3, 0.4) is 0 Å². The second-order valence-corrected chi connectivity index (χ2v) is 8.41. The highest BCUT2D eigenvalue weighted by Gasteiger charge is 2.16. The van der Waals surface area contributed by atoms with Crippen molar-refractivity contribution in [3.05, 3.63) is 29.8 Å². The number of hydrogen-bond donors (Lipinski definition) is 3. The molecule has 2 rings (SSSR count). The lowest BCUT2D eigenvalue weighted by atomic mass is 9.99. The molecule has 1 fully saturated rings. The Hall–Kier alpha value is -2.24. The van der Waals surface area contributed by atoms with E-state index in [1.54, 1.807) is 7.05 Å². The topological polar surface area (TPSA) is 68.8 Å². The van der Waals surface area contributed by atoms with Crippen LogP contribution >= 0.6 is 0 Å². The number of benzene rings is 1. The van der Waals surface area contributed by atoms with Gasteiger partial charge in [0.25, 0.3) is 0 Å². The van der Waals surface area contributed by atoms with Crippen LogP contribution in [0, 0.1) is 5.92 Å². The standard InChI is InChI=1S/C21H35N5O/c1-16-10-12-26(13-11-16)18-8-6-17(7-9-18)14-23-20(22-5)24-15-19(27)25-21(2,3)4/h6-9,16H,10-15H2,1-5H3,(H,25,27)(H2,22,23,24). The summed E-state index contributed by atoms with van der Waals surface area (Å²) in [7, 11) is 1.71. The van der Waals surface area contributed by atoms with Crippen LogP contribution in [0.2, 0.25) is 0 Å². The zero-order valence-electron chi connectivity index (χ0n) is 17.4. The number of nitrogens with zero attached hydrogens (tertiary/aromatic N) is 2. The molecule has 0 aliphatic carbocycles. The highest BCUT2D eigenvalue weighted by atomic mass is 16.2. The first-order valence-corrected chi connectivity index (χ1v) is 9.86. The Morgan fingerprint density at radius 2 is 1.78 bits per heavy atom. The molecule has 1 saturated heterocycles. The maximum absolute atomic E-state index is 11.9. The number of amides is 1. The summed E-state index contributed by atoms with van der Waals surface area (Å²) in [5, 5.41) is 9.23. The Morgan fingerprint density at radius 3 is 2.33 bits per heavy atom. The normalized spacial score (nSPS) is 16.2. The fourth-order valence-electron chi connectivity index (χ4n) is 3.12. The van der Waals surface area contributed by atoms with Crippen molar-refractivity contribution in [2.45, 2.75) is 52.6 Å². The molecule has 0 aromatic heterocycles. The number of aliphatic imine (C=N–C) groups is 1. The zero-order valence-corrected chi connectivity index (χ0v) is 17.4. The smallest absolute Gasteiger partial charge is 0.239 e. The van der Waals surface area contributed by atoms with E-state index in [9.17, 15) is 4.79 Å². The van der Waals surface area contributed by atoms with Crippen molar-refractivity contribution >= 4 is 17.6 Å². The van der Waals surface area contributed by atoms with Crippen molar-refractivity contribution in [2.75, 3.05) is 31.6 Å². The number of piperidine rings is 1. The van der Waals surface area contributed by atoms with Gasteiger partial charge in [0.05, 0.1) is 6.54 Å². The van der Waals surface area contributed by atoms with Crippen molar-refractivity contribution in [3.63, 3.8) is 0 Å². The van der Waals surface area contributed by atoms with Gasteiger partial charge in [-0.05, 0) is 57.2 Å². The van der Waals surface area contributed by atoms with Crippen LogP contribution in [0.1, 0.15) is 46.1 Å². The lowest BCUT2D eigenvalue weighted by Crippen LogP contribution is -2.48. The third kappa shape index (κ3) is 7.49. The molecule has 1 heterocycles. The predicted octanol–water partition coefficient (Wildman–Crippen LogP) is 2.50. The van der Waals surface area contributed by atoms with Crippen molar-refractivity contribution in [1.29, 1.82) is 0 Å². The minimum absolute atomic E-state index is 0.0503. The van der Waals surface area contributed by atoms with Gasteiger partial charge in [-0.1, -0.05) is 19.1 Å². The van der Waals surface area contributed by atoms with Crippen LogP contribution in [0.5, 0.6) is 0 Å². The maximum atomic E-state index is 11.9. The summed E-state index contributed by atoms with van der Waals surface area (Å²) in [6, 6.07) is 8.69. The van der Waals surface area contributed by atoms with Crippen molar-refractivity contribution in [1.82, 2.24) is 16.0 Å². The first-order chi connectivity index (χ1) is 12.8. The number of nitrogens with one attached hydrogen (secondary N) is 3. The third-order valence-electron chi connectivity index (χ3n) is 4.70. The van der Waals surface area contributed by atoms with Crippen molar-refractivity contribution in [3.8, 4) is 0 Å². The molecule has 1 amide bonds. The summed E-state index contributed by atoms with van der Waals surface area (Å²) in [5.41, 5.74) is 2.25. The lowest BCUT2D eigenvalue weighted by molar-refractivity contribution is -0.121. The molecule has 0 atom stereocenters. The molecule has 6 heteroatoms. The molecule has 6 nitrogen and oxygen atoms in total. The molecule has 1 aliphatic heterocycles. The van der Waals surface area contributed by atoms with Gasteiger partial charge in [-0.3, -0.25) is 9.79 Å². The van der Waals surface area contributed by atoms with E-state index >= 15 is 0 Å². The number of hydrogen-bond acceptors (Lipinski definition) is 3. The number of carbonyl (C=O) groups is 1. The average molecular weight is 374 g/mol. The molecule has 0 bridgehead atoms. The lowest BCUT2D eigenvalue weighted by Gasteiger charge is -2.32. The van der Waals surface area contributed by atoms with Gasteiger partial charge in [-0.2, -0.15) is 0 Å². The summed E-state index contributed by atoms with van der Waals surface area (Å²) in [6.07, 6.45) is 2.54. The SMILES string of the molecule is CN=C(NCC(=O)NC(C)(C)C)NCc1ccc(N2CCC(C)CC2)cc1. The van der Waals surface area contributed by atoms with E-state index in [0.29, 0.717) is 12.5 Å². The number of guanidine groups is 1. The summed E-state index contributed by atoms with van der Waals surface area (Å²) in [5.74, 6) is 1.41. The van der Waals surface area contributed by atoms with Gasteiger partial charge >= 0.3 is 0 Å². The molecule has 1 aromatic carbocycles. The summed E-state index contributed by atoms with van der Waals surface area (Å²) < 4.78 is 0. The van der Waals surface area contributed by atoms with Gasteiger partial charge in [0.2, 0.25) is 5.91 Å². The van der Waals surface area contributed by atoms with Crippen LogP contribution in [0.25, 0.3) is 0 Å². The van der Waals surface area contributed by atoms with E-state index in [-0.39, 0.29) is 18.0 Å².